The molecule has 0 saturated heterocycles. The molecule has 0 radical (unpaired) electrons. The number of thiophene rings is 1. The Morgan fingerprint density at radius 1 is 1.56 bits per heavy atom. The molecule has 0 spiro atoms. The minimum absolute atomic E-state index is 0.100. The van der Waals surface area contributed by atoms with E-state index in [4.69, 9.17) is 0 Å². The molecule has 3 heterocycles. The Morgan fingerprint density at radius 3 is 3.16 bits per heavy atom. The molecule has 0 aromatic carbocycles. The van der Waals surface area contributed by atoms with Crippen LogP contribution in [0.5, 0.6) is 0 Å². The lowest BCUT2D eigenvalue weighted by Crippen LogP contribution is -2.37. The number of aliphatic hydroxyl groups excluding tert-OH is 1. The third-order valence-corrected chi connectivity index (χ3v) is 6.10. The zero-order valence-corrected chi connectivity index (χ0v) is 15.1. The van der Waals surface area contributed by atoms with Crippen molar-refractivity contribution in [1.82, 2.24) is 24.9 Å². The van der Waals surface area contributed by atoms with Crippen LogP contribution in [0, 0.1) is 0 Å². The predicted octanol–water partition coefficient (Wildman–Crippen LogP) is 2.28. The van der Waals surface area contributed by atoms with Crippen LogP contribution in [0.25, 0.3) is 15.9 Å². The molecular weight excluding hydrogens is 338 g/mol. The first-order chi connectivity index (χ1) is 12.1. The molecule has 0 unspecified atom stereocenters. The SMILES string of the molecule is CC[C@H](CO)NC(=O)c1nc2c3c4c(sc3ncn2n1)CCC[C@@H]4C. The van der Waals surface area contributed by atoms with E-state index in [1.807, 2.05) is 6.92 Å². The van der Waals surface area contributed by atoms with Gasteiger partial charge in [-0.05, 0) is 37.2 Å². The van der Waals surface area contributed by atoms with E-state index in [-0.39, 0.29) is 24.4 Å². The number of carbonyl (C=O) groups is 1. The van der Waals surface area contributed by atoms with Crippen molar-refractivity contribution in [1.29, 1.82) is 0 Å². The number of hydrogen-bond acceptors (Lipinski definition) is 6. The summed E-state index contributed by atoms with van der Waals surface area (Å²) in [5.74, 6) is 0.220. The summed E-state index contributed by atoms with van der Waals surface area (Å²) in [6.45, 7) is 4.05. The monoisotopic (exact) mass is 359 g/mol. The first kappa shape index (κ1) is 16.4. The minimum Gasteiger partial charge on any atom is -0.394 e. The van der Waals surface area contributed by atoms with E-state index in [1.54, 1.807) is 22.2 Å². The number of fused-ring (bicyclic) bond motifs is 5. The Balaban J connectivity index is 1.81. The fourth-order valence-corrected chi connectivity index (χ4v) is 4.80. The lowest BCUT2D eigenvalue weighted by atomic mass is 9.87. The molecule has 1 aliphatic rings. The van der Waals surface area contributed by atoms with E-state index in [2.05, 4.69) is 27.3 Å². The number of hydrogen-bond donors (Lipinski definition) is 2. The Bertz CT molecular complexity index is 943. The Morgan fingerprint density at radius 2 is 2.40 bits per heavy atom. The van der Waals surface area contributed by atoms with Crippen LogP contribution < -0.4 is 5.32 Å². The fraction of sp³-hybridized carbons (Fsp3) is 0.529. The number of rotatable bonds is 4. The predicted molar refractivity (Wildman–Crippen MR) is 96.1 cm³/mol. The zero-order valence-electron chi connectivity index (χ0n) is 14.3. The van der Waals surface area contributed by atoms with Crippen LogP contribution in [0.3, 0.4) is 0 Å². The van der Waals surface area contributed by atoms with E-state index in [9.17, 15) is 9.90 Å². The van der Waals surface area contributed by atoms with Crippen molar-refractivity contribution in [2.45, 2.75) is 51.5 Å². The fourth-order valence-electron chi connectivity index (χ4n) is 3.51. The summed E-state index contributed by atoms with van der Waals surface area (Å²) in [7, 11) is 0. The van der Waals surface area contributed by atoms with Crippen molar-refractivity contribution in [2.24, 2.45) is 0 Å². The van der Waals surface area contributed by atoms with Crippen molar-refractivity contribution in [3.8, 4) is 0 Å². The van der Waals surface area contributed by atoms with E-state index < -0.39 is 0 Å². The lowest BCUT2D eigenvalue weighted by molar-refractivity contribution is 0.0904. The topological polar surface area (TPSA) is 92.4 Å². The summed E-state index contributed by atoms with van der Waals surface area (Å²) in [6, 6.07) is -0.286. The number of aliphatic hydroxyl groups is 1. The average Bonchev–Trinajstić information content (AvgIpc) is 3.20. The van der Waals surface area contributed by atoms with E-state index in [1.165, 1.54) is 16.9 Å². The minimum atomic E-state index is -0.366. The maximum Gasteiger partial charge on any atom is 0.291 e. The van der Waals surface area contributed by atoms with Crippen molar-refractivity contribution < 1.29 is 9.90 Å². The van der Waals surface area contributed by atoms with Crippen molar-refractivity contribution in [2.75, 3.05) is 6.61 Å². The third kappa shape index (κ3) is 2.69. The van der Waals surface area contributed by atoms with Gasteiger partial charge in [-0.2, -0.15) is 0 Å². The maximum absolute atomic E-state index is 12.4. The molecule has 4 rings (SSSR count). The van der Waals surface area contributed by atoms with Crippen molar-refractivity contribution in [3.05, 3.63) is 22.6 Å². The highest BCUT2D eigenvalue weighted by Crippen LogP contribution is 2.42. The smallest absolute Gasteiger partial charge is 0.291 e. The quantitative estimate of drug-likeness (QED) is 0.745. The molecule has 0 aliphatic heterocycles. The molecule has 1 amide bonds. The lowest BCUT2D eigenvalue weighted by Gasteiger charge is -2.18. The second-order valence-electron chi connectivity index (χ2n) is 6.62. The Hall–Kier alpha value is -2.06. The zero-order chi connectivity index (χ0) is 17.6. The van der Waals surface area contributed by atoms with Gasteiger partial charge in [-0.25, -0.2) is 14.5 Å². The number of amides is 1. The number of aromatic nitrogens is 4. The largest absolute Gasteiger partial charge is 0.394 e. The molecule has 2 atom stereocenters. The van der Waals surface area contributed by atoms with Crippen molar-refractivity contribution >= 4 is 33.1 Å². The summed E-state index contributed by atoms with van der Waals surface area (Å²) in [6.07, 6.45) is 5.73. The molecule has 1 aliphatic carbocycles. The van der Waals surface area contributed by atoms with E-state index in [0.29, 0.717) is 18.0 Å². The van der Waals surface area contributed by atoms with Crippen LogP contribution in [-0.2, 0) is 6.42 Å². The van der Waals surface area contributed by atoms with Gasteiger partial charge in [-0.1, -0.05) is 13.8 Å². The van der Waals surface area contributed by atoms with E-state index >= 15 is 0 Å². The second kappa shape index (κ2) is 6.34. The molecule has 7 nitrogen and oxygen atoms in total. The first-order valence-electron chi connectivity index (χ1n) is 8.70. The summed E-state index contributed by atoms with van der Waals surface area (Å²) in [5.41, 5.74) is 2.02. The van der Waals surface area contributed by atoms with Gasteiger partial charge in [-0.3, -0.25) is 4.79 Å². The van der Waals surface area contributed by atoms with Gasteiger partial charge in [0.25, 0.3) is 5.91 Å². The molecule has 25 heavy (non-hydrogen) atoms. The van der Waals surface area contributed by atoms with Crippen LogP contribution in [0.15, 0.2) is 6.33 Å². The first-order valence-corrected chi connectivity index (χ1v) is 9.52. The van der Waals surface area contributed by atoms with Gasteiger partial charge in [0, 0.05) is 4.88 Å². The number of carbonyl (C=O) groups excluding carboxylic acids is 1. The summed E-state index contributed by atoms with van der Waals surface area (Å²) < 4.78 is 1.59. The highest BCUT2D eigenvalue weighted by atomic mass is 32.1. The molecule has 0 bridgehead atoms. The Kier molecular flexibility index (Phi) is 4.16. The number of nitrogens with one attached hydrogen (secondary N) is 1. The molecule has 8 heteroatoms. The highest BCUT2D eigenvalue weighted by Gasteiger charge is 2.26. The van der Waals surface area contributed by atoms with E-state index in [0.717, 1.165) is 23.1 Å². The maximum atomic E-state index is 12.4. The van der Waals surface area contributed by atoms with Gasteiger partial charge < -0.3 is 10.4 Å². The number of nitrogens with zero attached hydrogens (tertiary/aromatic N) is 4. The molecule has 3 aromatic heterocycles. The Labute approximate surface area is 149 Å². The van der Waals surface area contributed by atoms with Gasteiger partial charge >= 0.3 is 0 Å². The van der Waals surface area contributed by atoms with Gasteiger partial charge in [0.1, 0.15) is 11.2 Å². The number of aryl methyl sites for hydroxylation is 1. The van der Waals surface area contributed by atoms with Gasteiger partial charge in [0.2, 0.25) is 5.82 Å². The van der Waals surface area contributed by atoms with Crippen LogP contribution in [0.1, 0.15) is 60.1 Å². The molecule has 132 valence electrons. The molecule has 3 aromatic rings. The van der Waals surface area contributed by atoms with Gasteiger partial charge in [0.15, 0.2) is 5.65 Å². The molecule has 0 fully saturated rings. The average molecular weight is 359 g/mol. The highest BCUT2D eigenvalue weighted by molar-refractivity contribution is 7.19. The normalized spacial score (nSPS) is 18.4. The van der Waals surface area contributed by atoms with Gasteiger partial charge in [0.05, 0.1) is 18.0 Å². The van der Waals surface area contributed by atoms with Crippen LogP contribution in [0.4, 0.5) is 0 Å². The third-order valence-electron chi connectivity index (χ3n) is 4.93. The summed E-state index contributed by atoms with van der Waals surface area (Å²) >= 11 is 1.73. The second-order valence-corrected chi connectivity index (χ2v) is 7.71. The van der Waals surface area contributed by atoms with Gasteiger partial charge in [-0.15, -0.1) is 16.4 Å². The molecule has 2 N–H and O–H groups in total. The van der Waals surface area contributed by atoms with Crippen molar-refractivity contribution in [3.63, 3.8) is 0 Å². The summed E-state index contributed by atoms with van der Waals surface area (Å²) in [5, 5.41) is 17.4. The van der Waals surface area contributed by atoms with Crippen LogP contribution in [0.2, 0.25) is 0 Å². The van der Waals surface area contributed by atoms with Crippen LogP contribution in [-0.4, -0.2) is 43.2 Å². The molecule has 0 saturated carbocycles. The summed E-state index contributed by atoms with van der Waals surface area (Å²) in [4.78, 5) is 23.8. The van der Waals surface area contributed by atoms with Crippen LogP contribution >= 0.6 is 11.3 Å². The molecular formula is C17H21N5O2S. The standard InChI is InChI=1S/C17H21N5O2S/c1-3-10(7-23)19-16(24)14-20-15-13-12-9(2)5-4-6-11(12)25-17(13)18-8-22(15)21-14/h8-10,23H,3-7H2,1-2H3,(H,19,24)/t9-,10+/m0/s1.